The van der Waals surface area contributed by atoms with Gasteiger partial charge in [0.05, 0.1) is 13.0 Å². The fourth-order valence-corrected chi connectivity index (χ4v) is 1.06. The Hall–Kier alpha value is -2.42. The molecule has 9 heteroatoms. The van der Waals surface area contributed by atoms with E-state index in [0.717, 1.165) is 19.3 Å². The summed E-state index contributed by atoms with van der Waals surface area (Å²) in [7, 11) is 0. The summed E-state index contributed by atoms with van der Waals surface area (Å²) in [5, 5.41) is 31.8. The molecule has 9 nitrogen and oxygen atoms in total. The molecule has 23 heavy (non-hydrogen) atoms. The van der Waals surface area contributed by atoms with Crippen molar-refractivity contribution in [1.29, 1.82) is 0 Å². The maximum Gasteiger partial charge on any atom is 0.332 e. The van der Waals surface area contributed by atoms with E-state index in [1.54, 1.807) is 0 Å². The molecule has 4 N–H and O–H groups in total. The Morgan fingerprint density at radius 3 is 2.04 bits per heavy atom. The number of carbonyl (C=O) groups excluding carboxylic acids is 1. The fraction of sp³-hybridized carbons (Fsp3) is 0.571. The predicted octanol–water partition coefficient (Wildman–Crippen LogP) is 0.657. The predicted molar refractivity (Wildman–Crippen MR) is 77.8 cm³/mol. The number of aliphatic carboxylic acids is 3. The maximum atomic E-state index is 10.5. The zero-order valence-corrected chi connectivity index (χ0v) is 12.9. The Kier molecular flexibility index (Phi) is 13.2. The number of aliphatic hydroxyl groups excluding tert-OH is 1. The van der Waals surface area contributed by atoms with E-state index in [0.29, 0.717) is 13.0 Å². The van der Waals surface area contributed by atoms with Crippen LogP contribution in [0, 0.1) is 0 Å². The smallest absolute Gasteiger partial charge is 0.332 e. The van der Waals surface area contributed by atoms with Crippen LogP contribution in [0.4, 0.5) is 0 Å². The van der Waals surface area contributed by atoms with Gasteiger partial charge in [-0.05, 0) is 26.2 Å². The SMILES string of the molecule is C=C(CC(=O)O)C(=O)O.CC(O)C(=O)O.O=C1CCCCCO1. The molecule has 0 bridgehead atoms. The van der Waals surface area contributed by atoms with Crippen LogP contribution >= 0.6 is 0 Å². The Labute approximate surface area is 133 Å². The monoisotopic (exact) mass is 334 g/mol. The summed E-state index contributed by atoms with van der Waals surface area (Å²) in [5.41, 5.74) is -0.303. The van der Waals surface area contributed by atoms with Gasteiger partial charge in [-0.25, -0.2) is 9.59 Å². The lowest BCUT2D eigenvalue weighted by atomic mass is 10.2. The van der Waals surface area contributed by atoms with Crippen LogP contribution < -0.4 is 0 Å². The number of hydrogen-bond acceptors (Lipinski definition) is 6. The van der Waals surface area contributed by atoms with Gasteiger partial charge in [0.2, 0.25) is 0 Å². The molecule has 1 fully saturated rings. The first-order valence-corrected chi connectivity index (χ1v) is 6.77. The van der Waals surface area contributed by atoms with Crippen molar-refractivity contribution in [2.75, 3.05) is 6.61 Å². The molecule has 132 valence electrons. The number of ether oxygens (including phenoxy) is 1. The summed E-state index contributed by atoms with van der Waals surface area (Å²) in [6, 6.07) is 0. The Morgan fingerprint density at radius 2 is 1.70 bits per heavy atom. The van der Waals surface area contributed by atoms with E-state index in [2.05, 4.69) is 6.58 Å². The molecule has 0 radical (unpaired) electrons. The minimum atomic E-state index is -1.27. The van der Waals surface area contributed by atoms with Crippen LogP contribution in [0.25, 0.3) is 0 Å². The quantitative estimate of drug-likeness (QED) is 0.428. The molecule has 0 amide bonds. The number of rotatable bonds is 4. The molecule has 1 aliphatic rings. The van der Waals surface area contributed by atoms with Crippen molar-refractivity contribution in [3.8, 4) is 0 Å². The lowest BCUT2D eigenvalue weighted by molar-refractivity contribution is -0.145. The second kappa shape index (κ2) is 13.3. The van der Waals surface area contributed by atoms with Gasteiger partial charge in [-0.2, -0.15) is 0 Å². The van der Waals surface area contributed by atoms with Gasteiger partial charge in [0, 0.05) is 12.0 Å². The van der Waals surface area contributed by atoms with Crippen LogP contribution in [-0.2, 0) is 23.9 Å². The minimum Gasteiger partial charge on any atom is -0.481 e. The molecule has 1 rings (SSSR count). The van der Waals surface area contributed by atoms with Crippen LogP contribution in [0.15, 0.2) is 12.2 Å². The van der Waals surface area contributed by atoms with Gasteiger partial charge in [0.1, 0.15) is 6.10 Å². The van der Waals surface area contributed by atoms with Crippen molar-refractivity contribution >= 4 is 23.9 Å². The highest BCUT2D eigenvalue weighted by atomic mass is 16.5. The number of aliphatic hydroxyl groups is 1. The molecular weight excluding hydrogens is 312 g/mol. The largest absolute Gasteiger partial charge is 0.481 e. The van der Waals surface area contributed by atoms with Crippen molar-refractivity contribution in [1.82, 2.24) is 0 Å². The lowest BCUT2D eigenvalue weighted by Crippen LogP contribution is -2.13. The summed E-state index contributed by atoms with van der Waals surface area (Å²) in [4.78, 5) is 39.6. The molecule has 1 aliphatic heterocycles. The first-order chi connectivity index (χ1) is 10.6. The highest BCUT2D eigenvalue weighted by Gasteiger charge is 2.07. The number of esters is 1. The second-order valence-electron chi connectivity index (χ2n) is 4.52. The number of cyclic esters (lactones) is 1. The van der Waals surface area contributed by atoms with Gasteiger partial charge in [-0.3, -0.25) is 9.59 Å². The normalized spacial score (nSPS) is 14.4. The van der Waals surface area contributed by atoms with Gasteiger partial charge >= 0.3 is 23.9 Å². The third-order valence-electron chi connectivity index (χ3n) is 2.31. The van der Waals surface area contributed by atoms with Gasteiger partial charge in [0.25, 0.3) is 0 Å². The van der Waals surface area contributed by atoms with Crippen LogP contribution in [0.1, 0.15) is 39.0 Å². The number of carboxylic acids is 3. The average molecular weight is 334 g/mol. The standard InChI is InChI=1S/C6H10O2.C5H6O4.C3H6O3/c7-6-4-2-1-3-5-8-6;1-3(5(8)9)2-4(6)7;1-2(4)3(5)6/h1-5H2;1-2H2,(H,6,7)(H,8,9);2,4H,1H3,(H,5,6). The lowest BCUT2D eigenvalue weighted by Gasteiger charge is -1.93. The number of carbonyl (C=O) groups is 4. The molecule has 0 aromatic heterocycles. The zero-order chi connectivity index (χ0) is 18.4. The Morgan fingerprint density at radius 1 is 1.17 bits per heavy atom. The molecule has 1 unspecified atom stereocenters. The molecule has 1 atom stereocenters. The third-order valence-corrected chi connectivity index (χ3v) is 2.31. The van der Waals surface area contributed by atoms with Crippen molar-refractivity contribution in [3.05, 3.63) is 12.2 Å². The van der Waals surface area contributed by atoms with E-state index in [1.165, 1.54) is 6.92 Å². The summed E-state index contributed by atoms with van der Waals surface area (Å²) in [6.45, 7) is 4.85. The fourth-order valence-electron chi connectivity index (χ4n) is 1.06. The molecule has 0 aliphatic carbocycles. The number of hydrogen-bond donors (Lipinski definition) is 4. The van der Waals surface area contributed by atoms with Gasteiger partial charge < -0.3 is 25.2 Å². The van der Waals surface area contributed by atoms with Crippen LogP contribution in [0.5, 0.6) is 0 Å². The van der Waals surface area contributed by atoms with Crippen molar-refractivity contribution in [2.45, 2.75) is 45.1 Å². The van der Waals surface area contributed by atoms with E-state index in [-0.39, 0.29) is 11.5 Å². The summed E-state index contributed by atoms with van der Waals surface area (Å²) < 4.78 is 4.76. The van der Waals surface area contributed by atoms with Crippen LogP contribution in [-0.4, -0.2) is 57.0 Å². The van der Waals surface area contributed by atoms with Gasteiger partial charge in [0.15, 0.2) is 0 Å². The maximum absolute atomic E-state index is 10.5. The highest BCUT2D eigenvalue weighted by Crippen LogP contribution is 2.06. The third kappa shape index (κ3) is 17.5. The topological polar surface area (TPSA) is 158 Å². The average Bonchev–Trinajstić information content (AvgIpc) is 2.67. The van der Waals surface area contributed by atoms with E-state index in [4.69, 9.17) is 25.2 Å². The Balaban J connectivity index is 0. The molecule has 1 heterocycles. The Bertz CT molecular complexity index is 416. The first kappa shape index (κ1) is 22.9. The van der Waals surface area contributed by atoms with E-state index < -0.39 is 30.4 Å². The van der Waals surface area contributed by atoms with Gasteiger partial charge in [-0.15, -0.1) is 0 Å². The molecule has 0 saturated carbocycles. The summed E-state index contributed by atoms with van der Waals surface area (Å²) >= 11 is 0. The van der Waals surface area contributed by atoms with Crippen LogP contribution in [0.2, 0.25) is 0 Å². The summed E-state index contributed by atoms with van der Waals surface area (Å²) in [5.74, 6) is -3.66. The molecular formula is C14H22O9. The van der Waals surface area contributed by atoms with Crippen molar-refractivity contribution in [2.24, 2.45) is 0 Å². The minimum absolute atomic E-state index is 0.0255. The first-order valence-electron chi connectivity index (χ1n) is 6.77. The summed E-state index contributed by atoms with van der Waals surface area (Å²) in [6.07, 6.45) is 2.09. The molecule has 0 aromatic rings. The number of carboxylic acid groups (broad SMARTS) is 3. The van der Waals surface area contributed by atoms with E-state index >= 15 is 0 Å². The molecule has 0 spiro atoms. The molecule has 1 saturated heterocycles. The van der Waals surface area contributed by atoms with Crippen molar-refractivity contribution in [3.63, 3.8) is 0 Å². The van der Waals surface area contributed by atoms with Crippen molar-refractivity contribution < 1.29 is 44.3 Å². The zero-order valence-electron chi connectivity index (χ0n) is 12.9. The van der Waals surface area contributed by atoms with Crippen LogP contribution in [0.3, 0.4) is 0 Å². The molecule has 0 aromatic carbocycles. The highest BCUT2D eigenvalue weighted by molar-refractivity contribution is 5.91. The van der Waals surface area contributed by atoms with E-state index in [1.807, 2.05) is 0 Å². The van der Waals surface area contributed by atoms with E-state index in [9.17, 15) is 19.2 Å². The second-order valence-corrected chi connectivity index (χ2v) is 4.52. The van der Waals surface area contributed by atoms with Gasteiger partial charge in [-0.1, -0.05) is 6.58 Å².